The van der Waals surface area contributed by atoms with E-state index in [0.717, 1.165) is 12.2 Å². The highest BCUT2D eigenvalue weighted by Crippen LogP contribution is 1.78. The van der Waals surface area contributed by atoms with Crippen LogP contribution >= 0.6 is 0 Å². The van der Waals surface area contributed by atoms with Crippen molar-refractivity contribution in [3.63, 3.8) is 0 Å². The van der Waals surface area contributed by atoms with Gasteiger partial charge in [0.15, 0.2) is 6.54 Å². The van der Waals surface area contributed by atoms with Crippen molar-refractivity contribution in [3.05, 3.63) is 12.2 Å². The van der Waals surface area contributed by atoms with Crippen molar-refractivity contribution in [2.75, 3.05) is 6.54 Å². The lowest BCUT2D eigenvalue weighted by Crippen LogP contribution is -3.16. The minimum atomic E-state index is -1.16. The van der Waals surface area contributed by atoms with E-state index in [1.54, 1.807) is 0 Å². The number of carbonyl (C=O) groups is 3. The normalized spacial score (nSPS) is 17.8. The van der Waals surface area contributed by atoms with Gasteiger partial charge in [0.2, 0.25) is 0 Å². The number of hydrogen-bond donors (Lipinski definition) is 2. The lowest BCUT2D eigenvalue weighted by Gasteiger charge is -2.01. The molecule has 58 valence electrons. The van der Waals surface area contributed by atoms with E-state index in [1.165, 1.54) is 0 Å². The summed E-state index contributed by atoms with van der Waals surface area (Å²) in [5.74, 6) is -2.14. The maximum Gasteiger partial charge on any atom is 0.360 e. The predicted molar refractivity (Wildman–Crippen MR) is 32.6 cm³/mol. The zero-order chi connectivity index (χ0) is 8.43. The number of aliphatic carboxylic acids is 1. The quantitative estimate of drug-likeness (QED) is 0.436. The number of amides is 2. The van der Waals surface area contributed by atoms with Gasteiger partial charge in [-0.1, -0.05) is 0 Å². The molecule has 0 unspecified atom stereocenters. The first-order valence-electron chi connectivity index (χ1n) is 2.95. The monoisotopic (exact) mass is 156 g/mol. The molecule has 0 radical (unpaired) electrons. The molecule has 0 saturated carbocycles. The van der Waals surface area contributed by atoms with Crippen LogP contribution in [0.1, 0.15) is 0 Å². The molecular formula is C6H6NO4+. The SMILES string of the molecule is O=C(O)C[NH+]1C(=O)C=CC1=O. The second-order valence-electron chi connectivity index (χ2n) is 2.11. The molecule has 0 spiro atoms. The van der Waals surface area contributed by atoms with Gasteiger partial charge in [0, 0.05) is 0 Å². The lowest BCUT2D eigenvalue weighted by atomic mass is 10.5. The lowest BCUT2D eigenvalue weighted by molar-refractivity contribution is -0.721. The van der Waals surface area contributed by atoms with Crippen LogP contribution in [0.5, 0.6) is 0 Å². The molecule has 0 bridgehead atoms. The minimum absolute atomic E-state index is 0.155. The Hall–Kier alpha value is -1.49. The molecule has 0 saturated heterocycles. The number of nitrogens with one attached hydrogen (secondary N) is 1. The number of rotatable bonds is 2. The first-order chi connectivity index (χ1) is 5.11. The molecule has 0 atom stereocenters. The van der Waals surface area contributed by atoms with Crippen LogP contribution in [0.4, 0.5) is 0 Å². The van der Waals surface area contributed by atoms with Crippen LogP contribution in [0.3, 0.4) is 0 Å². The number of hydrogen-bond acceptors (Lipinski definition) is 3. The fourth-order valence-corrected chi connectivity index (χ4v) is 0.799. The van der Waals surface area contributed by atoms with Crippen molar-refractivity contribution in [2.24, 2.45) is 0 Å². The van der Waals surface area contributed by atoms with Gasteiger partial charge >= 0.3 is 17.8 Å². The van der Waals surface area contributed by atoms with E-state index >= 15 is 0 Å². The smallest absolute Gasteiger partial charge is 0.360 e. The Bertz CT molecular complexity index is 237. The van der Waals surface area contributed by atoms with Crippen molar-refractivity contribution in [2.45, 2.75) is 0 Å². The van der Waals surface area contributed by atoms with Gasteiger partial charge in [-0.05, 0) is 0 Å². The Kier molecular flexibility index (Phi) is 1.82. The molecule has 5 nitrogen and oxygen atoms in total. The van der Waals surface area contributed by atoms with Crippen LogP contribution in [0.15, 0.2) is 12.2 Å². The molecule has 0 fully saturated rings. The summed E-state index contributed by atoms with van der Waals surface area (Å²) in [5, 5.41) is 8.26. The summed E-state index contributed by atoms with van der Waals surface area (Å²) in [6.07, 6.45) is 2.17. The highest BCUT2D eigenvalue weighted by atomic mass is 16.4. The molecule has 0 aromatic carbocycles. The number of carboxylic acid groups (broad SMARTS) is 1. The molecule has 1 aliphatic rings. The number of imide groups is 1. The van der Waals surface area contributed by atoms with Crippen LogP contribution in [0.25, 0.3) is 0 Å². The molecule has 0 aromatic heterocycles. The van der Waals surface area contributed by atoms with Gasteiger partial charge in [0.25, 0.3) is 0 Å². The summed E-state index contributed by atoms with van der Waals surface area (Å²) in [5.41, 5.74) is 0. The zero-order valence-corrected chi connectivity index (χ0v) is 5.53. The zero-order valence-electron chi connectivity index (χ0n) is 5.53. The largest absolute Gasteiger partial charge is 0.477 e. The van der Waals surface area contributed by atoms with Crippen LogP contribution in [0, 0.1) is 0 Å². The Morgan fingerprint density at radius 3 is 2.18 bits per heavy atom. The number of carboxylic acids is 1. The Morgan fingerprint density at radius 1 is 1.36 bits per heavy atom. The van der Waals surface area contributed by atoms with Crippen LogP contribution in [-0.2, 0) is 14.4 Å². The van der Waals surface area contributed by atoms with Crippen LogP contribution < -0.4 is 4.90 Å². The molecule has 5 heteroatoms. The summed E-state index contributed by atoms with van der Waals surface area (Å²) in [6, 6.07) is 0. The summed E-state index contributed by atoms with van der Waals surface area (Å²) in [6.45, 7) is -0.481. The Morgan fingerprint density at radius 2 is 1.82 bits per heavy atom. The van der Waals surface area contributed by atoms with E-state index in [9.17, 15) is 14.4 Å². The molecular weight excluding hydrogens is 150 g/mol. The minimum Gasteiger partial charge on any atom is -0.477 e. The fourth-order valence-electron chi connectivity index (χ4n) is 0.799. The summed E-state index contributed by atoms with van der Waals surface area (Å²) >= 11 is 0. The number of quaternary nitrogens is 1. The van der Waals surface area contributed by atoms with E-state index < -0.39 is 24.3 Å². The summed E-state index contributed by atoms with van der Waals surface area (Å²) < 4.78 is 0. The van der Waals surface area contributed by atoms with Gasteiger partial charge in [-0.25, -0.2) is 14.4 Å². The van der Waals surface area contributed by atoms with Gasteiger partial charge in [-0.2, -0.15) is 4.90 Å². The van der Waals surface area contributed by atoms with E-state index in [2.05, 4.69) is 0 Å². The third-order valence-electron chi connectivity index (χ3n) is 1.31. The van der Waals surface area contributed by atoms with Crippen molar-refractivity contribution < 1.29 is 24.4 Å². The maximum atomic E-state index is 10.7. The van der Waals surface area contributed by atoms with E-state index in [4.69, 9.17) is 5.11 Å². The first kappa shape index (κ1) is 7.62. The van der Waals surface area contributed by atoms with E-state index in [-0.39, 0.29) is 4.90 Å². The Balaban J connectivity index is 2.66. The molecule has 1 rings (SSSR count). The average molecular weight is 156 g/mol. The van der Waals surface area contributed by atoms with Crippen molar-refractivity contribution in [3.8, 4) is 0 Å². The van der Waals surface area contributed by atoms with Crippen molar-refractivity contribution in [1.82, 2.24) is 0 Å². The molecule has 2 N–H and O–H groups in total. The maximum absolute atomic E-state index is 10.7. The molecule has 11 heavy (non-hydrogen) atoms. The molecule has 1 aliphatic heterocycles. The fraction of sp³-hybridized carbons (Fsp3) is 0.167. The van der Waals surface area contributed by atoms with Gasteiger partial charge < -0.3 is 5.11 Å². The second kappa shape index (κ2) is 2.63. The second-order valence-corrected chi connectivity index (χ2v) is 2.11. The first-order valence-corrected chi connectivity index (χ1v) is 2.95. The summed E-state index contributed by atoms with van der Waals surface area (Å²) in [4.78, 5) is 31.4. The highest BCUT2D eigenvalue weighted by molar-refractivity contribution is 6.02. The van der Waals surface area contributed by atoms with Crippen molar-refractivity contribution in [1.29, 1.82) is 0 Å². The highest BCUT2D eigenvalue weighted by Gasteiger charge is 2.31. The van der Waals surface area contributed by atoms with Crippen molar-refractivity contribution >= 4 is 17.8 Å². The molecule has 1 heterocycles. The third-order valence-corrected chi connectivity index (χ3v) is 1.31. The van der Waals surface area contributed by atoms with Gasteiger partial charge in [-0.15, -0.1) is 0 Å². The molecule has 2 amide bonds. The van der Waals surface area contributed by atoms with E-state index in [0.29, 0.717) is 0 Å². The van der Waals surface area contributed by atoms with Gasteiger partial charge in [-0.3, -0.25) is 0 Å². The summed E-state index contributed by atoms with van der Waals surface area (Å²) in [7, 11) is 0. The third kappa shape index (κ3) is 1.50. The number of carbonyl (C=O) groups excluding carboxylic acids is 2. The van der Waals surface area contributed by atoms with Crippen LogP contribution in [0.2, 0.25) is 0 Å². The molecule has 0 aromatic rings. The predicted octanol–water partition coefficient (Wildman–Crippen LogP) is -2.42. The van der Waals surface area contributed by atoms with Crippen LogP contribution in [-0.4, -0.2) is 29.4 Å². The van der Waals surface area contributed by atoms with Gasteiger partial charge in [0.1, 0.15) is 0 Å². The Labute approximate surface area is 61.9 Å². The standard InChI is InChI=1S/C6H5NO4/c8-4-1-2-5(9)7(4)3-6(10)11/h1-2H,3H2,(H,10,11)/p+1. The topological polar surface area (TPSA) is 75.9 Å². The van der Waals surface area contributed by atoms with Gasteiger partial charge in [0.05, 0.1) is 12.2 Å². The molecule has 0 aliphatic carbocycles. The van der Waals surface area contributed by atoms with E-state index in [1.807, 2.05) is 0 Å². The average Bonchev–Trinajstić information content (AvgIpc) is 2.18.